The lowest BCUT2D eigenvalue weighted by Crippen LogP contribution is -2.43. The highest BCUT2D eigenvalue weighted by Gasteiger charge is 2.35. The van der Waals surface area contributed by atoms with E-state index in [-0.39, 0.29) is 0 Å². The third-order valence-electron chi connectivity index (χ3n) is 4.87. The van der Waals surface area contributed by atoms with Gasteiger partial charge in [0, 0.05) is 25.7 Å². The zero-order valence-corrected chi connectivity index (χ0v) is 12.1. The molecule has 0 aromatic carbocycles. The van der Waals surface area contributed by atoms with Crippen LogP contribution in [0.1, 0.15) is 52.4 Å². The van der Waals surface area contributed by atoms with Gasteiger partial charge >= 0.3 is 0 Å². The van der Waals surface area contributed by atoms with Gasteiger partial charge in [0.05, 0.1) is 5.60 Å². The summed E-state index contributed by atoms with van der Waals surface area (Å²) in [7, 11) is 0. The molecule has 3 nitrogen and oxygen atoms in total. The van der Waals surface area contributed by atoms with Crippen LogP contribution in [0.15, 0.2) is 0 Å². The predicted octanol–water partition coefficient (Wildman–Crippen LogP) is 1.99. The van der Waals surface area contributed by atoms with E-state index in [4.69, 9.17) is 5.73 Å². The summed E-state index contributed by atoms with van der Waals surface area (Å²) in [6, 6.07) is 0.378. The van der Waals surface area contributed by atoms with Crippen LogP contribution in [0.2, 0.25) is 0 Å². The molecule has 4 unspecified atom stereocenters. The van der Waals surface area contributed by atoms with Crippen LogP contribution in [-0.4, -0.2) is 41.3 Å². The molecule has 0 radical (unpaired) electrons. The van der Waals surface area contributed by atoms with Crippen molar-refractivity contribution >= 4 is 0 Å². The van der Waals surface area contributed by atoms with Gasteiger partial charge in [-0.15, -0.1) is 0 Å². The lowest BCUT2D eigenvalue weighted by Gasteiger charge is -2.36. The molecule has 1 saturated carbocycles. The largest absolute Gasteiger partial charge is 0.389 e. The van der Waals surface area contributed by atoms with Gasteiger partial charge in [0.25, 0.3) is 0 Å². The molecule has 0 amide bonds. The Morgan fingerprint density at radius 2 is 2.17 bits per heavy atom. The van der Waals surface area contributed by atoms with E-state index in [1.54, 1.807) is 0 Å². The van der Waals surface area contributed by atoms with Gasteiger partial charge in [-0.05, 0) is 44.4 Å². The molecule has 0 spiro atoms. The van der Waals surface area contributed by atoms with E-state index in [9.17, 15) is 5.11 Å². The minimum absolute atomic E-state index is 0.378. The number of hydrogen-bond donors (Lipinski definition) is 2. The third kappa shape index (κ3) is 3.69. The first-order valence-electron chi connectivity index (χ1n) is 7.70. The first-order chi connectivity index (χ1) is 8.50. The predicted molar refractivity (Wildman–Crippen MR) is 75.4 cm³/mol. The third-order valence-corrected chi connectivity index (χ3v) is 4.87. The Kier molecular flexibility index (Phi) is 4.68. The Labute approximate surface area is 112 Å². The van der Waals surface area contributed by atoms with E-state index in [1.807, 2.05) is 6.92 Å². The number of β-amino-alcohol motifs (C(OH)–C–C–N with tert-alkyl or cyclic N) is 1. The van der Waals surface area contributed by atoms with Crippen molar-refractivity contribution in [3.8, 4) is 0 Å². The summed E-state index contributed by atoms with van der Waals surface area (Å²) >= 11 is 0. The highest BCUT2D eigenvalue weighted by molar-refractivity contribution is 4.90. The highest BCUT2D eigenvalue weighted by atomic mass is 16.3. The van der Waals surface area contributed by atoms with E-state index in [1.165, 1.54) is 32.1 Å². The van der Waals surface area contributed by atoms with Gasteiger partial charge in [-0.3, -0.25) is 0 Å². The van der Waals surface area contributed by atoms with E-state index in [0.717, 1.165) is 32.0 Å². The Bertz CT molecular complexity index is 267. The molecule has 4 atom stereocenters. The number of hydrogen-bond acceptors (Lipinski definition) is 3. The number of likely N-dealkylation sites (tertiary alicyclic amines) is 1. The molecule has 2 rings (SSSR count). The van der Waals surface area contributed by atoms with Crippen LogP contribution in [0.25, 0.3) is 0 Å². The Balaban J connectivity index is 1.83. The average molecular weight is 254 g/mol. The fourth-order valence-corrected chi connectivity index (χ4v) is 3.79. The zero-order chi connectivity index (χ0) is 13.2. The van der Waals surface area contributed by atoms with Gasteiger partial charge in [-0.1, -0.05) is 19.8 Å². The molecular formula is C15H30N2O. The zero-order valence-electron chi connectivity index (χ0n) is 12.1. The highest BCUT2D eigenvalue weighted by Crippen LogP contribution is 2.33. The van der Waals surface area contributed by atoms with Crippen molar-refractivity contribution in [3.05, 3.63) is 0 Å². The van der Waals surface area contributed by atoms with Crippen LogP contribution >= 0.6 is 0 Å². The molecule has 1 saturated heterocycles. The Morgan fingerprint density at radius 3 is 2.78 bits per heavy atom. The van der Waals surface area contributed by atoms with Crippen LogP contribution in [0.4, 0.5) is 0 Å². The van der Waals surface area contributed by atoms with Gasteiger partial charge in [0.15, 0.2) is 0 Å². The average Bonchev–Trinajstić information content (AvgIpc) is 2.63. The molecule has 3 heteroatoms. The SMILES string of the molecule is CCCC1CCC(N)C(CN2CCC(C)(O)C2)C1. The maximum atomic E-state index is 10.0. The maximum absolute atomic E-state index is 10.0. The van der Waals surface area contributed by atoms with Gasteiger partial charge in [-0.2, -0.15) is 0 Å². The van der Waals surface area contributed by atoms with Gasteiger partial charge in [0.2, 0.25) is 0 Å². The summed E-state index contributed by atoms with van der Waals surface area (Å²) in [4.78, 5) is 2.42. The molecule has 106 valence electrons. The van der Waals surface area contributed by atoms with Crippen molar-refractivity contribution < 1.29 is 5.11 Å². The number of rotatable bonds is 4. The summed E-state index contributed by atoms with van der Waals surface area (Å²) < 4.78 is 0. The Morgan fingerprint density at radius 1 is 1.39 bits per heavy atom. The van der Waals surface area contributed by atoms with Crippen LogP contribution in [0, 0.1) is 11.8 Å². The number of nitrogens with zero attached hydrogens (tertiary/aromatic N) is 1. The van der Waals surface area contributed by atoms with Crippen molar-refractivity contribution in [2.45, 2.75) is 64.0 Å². The summed E-state index contributed by atoms with van der Waals surface area (Å²) in [6.45, 7) is 7.19. The molecule has 2 aliphatic rings. The van der Waals surface area contributed by atoms with E-state index in [2.05, 4.69) is 11.8 Å². The first-order valence-corrected chi connectivity index (χ1v) is 7.70. The van der Waals surface area contributed by atoms with Gasteiger partial charge in [0.1, 0.15) is 0 Å². The number of nitrogens with two attached hydrogens (primary N) is 1. The fourth-order valence-electron chi connectivity index (χ4n) is 3.79. The number of aliphatic hydroxyl groups is 1. The maximum Gasteiger partial charge on any atom is 0.0758 e. The quantitative estimate of drug-likeness (QED) is 0.806. The first kappa shape index (κ1) is 14.3. The summed E-state index contributed by atoms with van der Waals surface area (Å²) in [6.07, 6.45) is 7.38. The van der Waals surface area contributed by atoms with Crippen molar-refractivity contribution in [1.29, 1.82) is 0 Å². The van der Waals surface area contributed by atoms with Crippen molar-refractivity contribution in [3.63, 3.8) is 0 Å². The molecule has 1 aliphatic heterocycles. The normalized spacial score (nSPS) is 42.3. The van der Waals surface area contributed by atoms with Crippen molar-refractivity contribution in [1.82, 2.24) is 4.90 Å². The summed E-state index contributed by atoms with van der Waals surface area (Å²) in [5.74, 6) is 1.53. The summed E-state index contributed by atoms with van der Waals surface area (Å²) in [5.41, 5.74) is 5.82. The minimum atomic E-state index is -0.471. The monoisotopic (exact) mass is 254 g/mol. The van der Waals surface area contributed by atoms with Gasteiger partial charge in [-0.25, -0.2) is 0 Å². The van der Waals surface area contributed by atoms with E-state index >= 15 is 0 Å². The van der Waals surface area contributed by atoms with Crippen LogP contribution in [0.3, 0.4) is 0 Å². The Hall–Kier alpha value is -0.120. The second kappa shape index (κ2) is 5.89. The molecule has 0 aromatic rings. The van der Waals surface area contributed by atoms with Crippen LogP contribution < -0.4 is 5.73 Å². The summed E-state index contributed by atoms with van der Waals surface area (Å²) in [5, 5.41) is 10.0. The second-order valence-electron chi connectivity index (χ2n) is 6.87. The van der Waals surface area contributed by atoms with E-state index < -0.39 is 5.60 Å². The van der Waals surface area contributed by atoms with E-state index in [0.29, 0.717) is 12.0 Å². The molecule has 3 N–H and O–H groups in total. The van der Waals surface area contributed by atoms with Crippen molar-refractivity contribution in [2.24, 2.45) is 17.6 Å². The fraction of sp³-hybridized carbons (Fsp3) is 1.00. The molecule has 18 heavy (non-hydrogen) atoms. The lowest BCUT2D eigenvalue weighted by atomic mass is 9.76. The molecular weight excluding hydrogens is 224 g/mol. The minimum Gasteiger partial charge on any atom is -0.389 e. The second-order valence-corrected chi connectivity index (χ2v) is 6.87. The smallest absolute Gasteiger partial charge is 0.0758 e. The van der Waals surface area contributed by atoms with Crippen LogP contribution in [-0.2, 0) is 0 Å². The molecule has 0 aromatic heterocycles. The topological polar surface area (TPSA) is 49.5 Å². The van der Waals surface area contributed by atoms with Crippen molar-refractivity contribution in [2.75, 3.05) is 19.6 Å². The van der Waals surface area contributed by atoms with Crippen LogP contribution in [0.5, 0.6) is 0 Å². The van der Waals surface area contributed by atoms with Gasteiger partial charge < -0.3 is 15.7 Å². The molecule has 2 fully saturated rings. The molecule has 1 heterocycles. The standard InChI is InChI=1S/C15H30N2O/c1-3-4-12-5-6-14(16)13(9-12)10-17-8-7-15(2,18)11-17/h12-14,18H,3-11,16H2,1-2H3. The molecule has 1 aliphatic carbocycles. The molecule has 0 bridgehead atoms. The lowest BCUT2D eigenvalue weighted by molar-refractivity contribution is 0.0632.